The van der Waals surface area contributed by atoms with Gasteiger partial charge in [0.05, 0.1) is 12.2 Å². The van der Waals surface area contributed by atoms with E-state index in [-0.39, 0.29) is 12.5 Å². The highest BCUT2D eigenvalue weighted by atomic mass is 19.1. The molecule has 1 N–H and O–H groups in total. The van der Waals surface area contributed by atoms with E-state index in [1.54, 1.807) is 6.07 Å². The van der Waals surface area contributed by atoms with Crippen LogP contribution in [0.25, 0.3) is 0 Å². The Kier molecular flexibility index (Phi) is 5.28. The van der Waals surface area contributed by atoms with Crippen LogP contribution in [0.3, 0.4) is 0 Å². The second kappa shape index (κ2) is 7.79. The van der Waals surface area contributed by atoms with E-state index in [1.165, 1.54) is 28.7 Å². The number of benzene rings is 2. The predicted molar refractivity (Wildman–Crippen MR) is 91.8 cm³/mol. The molecule has 5 nitrogen and oxygen atoms in total. The number of hydrogen-bond acceptors (Lipinski definition) is 3. The lowest BCUT2D eigenvalue weighted by atomic mass is 10.1. The molecule has 1 atom stereocenters. The monoisotopic (exact) mass is 342 g/mol. The number of anilines is 1. The van der Waals surface area contributed by atoms with Gasteiger partial charge in [0.15, 0.2) is 6.10 Å². The highest BCUT2D eigenvalue weighted by molar-refractivity contribution is 5.95. The summed E-state index contributed by atoms with van der Waals surface area (Å²) in [5.41, 5.74) is 1.59. The number of cyclic esters (lactones) is 1. The van der Waals surface area contributed by atoms with Crippen LogP contribution < -0.4 is 10.2 Å². The molecular formula is C19H19FN2O3. The second-order valence-corrected chi connectivity index (χ2v) is 5.84. The number of nitrogens with zero attached hydrogens (tertiary/aromatic N) is 1. The van der Waals surface area contributed by atoms with Gasteiger partial charge in [0.1, 0.15) is 5.82 Å². The summed E-state index contributed by atoms with van der Waals surface area (Å²) >= 11 is 0. The standard InChI is InChI=1S/C19H19FN2O3/c20-15-9-4-10-16(12-15)22-13-17(25-19(22)24)18(23)21-11-5-8-14-6-2-1-3-7-14/h1-4,6-7,9-10,12,17H,5,8,11,13H2,(H,21,23)/t17-/m1/s1. The fraction of sp³-hybridized carbons (Fsp3) is 0.263. The van der Waals surface area contributed by atoms with Crippen LogP contribution in [0, 0.1) is 5.82 Å². The van der Waals surface area contributed by atoms with Crippen molar-refractivity contribution < 1.29 is 18.7 Å². The van der Waals surface area contributed by atoms with Crippen molar-refractivity contribution >= 4 is 17.7 Å². The number of aryl methyl sites for hydroxylation is 1. The molecule has 1 saturated heterocycles. The van der Waals surface area contributed by atoms with Crippen molar-refractivity contribution in [3.05, 3.63) is 66.0 Å². The van der Waals surface area contributed by atoms with Crippen molar-refractivity contribution in [3.63, 3.8) is 0 Å². The third-order valence-corrected chi connectivity index (χ3v) is 4.01. The van der Waals surface area contributed by atoms with Gasteiger partial charge < -0.3 is 10.1 Å². The predicted octanol–water partition coefficient (Wildman–Crippen LogP) is 2.90. The van der Waals surface area contributed by atoms with E-state index in [0.29, 0.717) is 12.2 Å². The van der Waals surface area contributed by atoms with Gasteiger partial charge in [0.2, 0.25) is 0 Å². The number of ether oxygens (including phenoxy) is 1. The topological polar surface area (TPSA) is 58.6 Å². The molecule has 3 rings (SSSR count). The van der Waals surface area contributed by atoms with Gasteiger partial charge in [0.25, 0.3) is 5.91 Å². The molecule has 1 aliphatic rings. The van der Waals surface area contributed by atoms with Gasteiger partial charge in [-0.25, -0.2) is 9.18 Å². The number of rotatable bonds is 6. The minimum atomic E-state index is -0.882. The molecule has 25 heavy (non-hydrogen) atoms. The fourth-order valence-corrected chi connectivity index (χ4v) is 2.72. The summed E-state index contributed by atoms with van der Waals surface area (Å²) < 4.78 is 18.4. The summed E-state index contributed by atoms with van der Waals surface area (Å²) in [7, 11) is 0. The van der Waals surface area contributed by atoms with Gasteiger partial charge in [-0.15, -0.1) is 0 Å². The molecule has 0 spiro atoms. The second-order valence-electron chi connectivity index (χ2n) is 5.84. The van der Waals surface area contributed by atoms with Gasteiger partial charge in [-0.2, -0.15) is 0 Å². The SMILES string of the molecule is O=C(NCCCc1ccccc1)[C@H]1CN(c2cccc(F)c2)C(=O)O1. The first kappa shape index (κ1) is 17.0. The van der Waals surface area contributed by atoms with E-state index in [9.17, 15) is 14.0 Å². The average Bonchev–Trinajstić information content (AvgIpc) is 3.01. The number of carbonyl (C=O) groups is 2. The van der Waals surface area contributed by atoms with Crippen LogP contribution in [0.4, 0.5) is 14.9 Å². The summed E-state index contributed by atoms with van der Waals surface area (Å²) in [5, 5.41) is 2.78. The van der Waals surface area contributed by atoms with Crippen molar-refractivity contribution in [2.75, 3.05) is 18.0 Å². The summed E-state index contributed by atoms with van der Waals surface area (Å²) in [5.74, 6) is -0.778. The van der Waals surface area contributed by atoms with Crippen LogP contribution in [0.2, 0.25) is 0 Å². The molecule has 1 heterocycles. The number of halogens is 1. The molecule has 0 radical (unpaired) electrons. The van der Waals surface area contributed by atoms with Crippen molar-refractivity contribution in [1.29, 1.82) is 0 Å². The summed E-state index contributed by atoms with van der Waals surface area (Å²) in [6, 6.07) is 15.6. The zero-order valence-corrected chi connectivity index (χ0v) is 13.7. The smallest absolute Gasteiger partial charge is 0.415 e. The van der Waals surface area contributed by atoms with Gasteiger partial charge >= 0.3 is 6.09 Å². The fourth-order valence-electron chi connectivity index (χ4n) is 2.72. The summed E-state index contributed by atoms with van der Waals surface area (Å²) in [6.45, 7) is 0.578. The molecule has 0 saturated carbocycles. The Hall–Kier alpha value is -2.89. The average molecular weight is 342 g/mol. The van der Waals surface area contributed by atoms with E-state index in [1.807, 2.05) is 30.3 Å². The lowest BCUT2D eigenvalue weighted by molar-refractivity contribution is -0.127. The Morgan fingerprint density at radius 3 is 2.76 bits per heavy atom. The lowest BCUT2D eigenvalue weighted by Crippen LogP contribution is -2.38. The van der Waals surface area contributed by atoms with Crippen LogP contribution in [0.15, 0.2) is 54.6 Å². The number of amides is 2. The number of nitrogens with one attached hydrogen (secondary N) is 1. The molecule has 130 valence electrons. The molecule has 1 fully saturated rings. The summed E-state index contributed by atoms with van der Waals surface area (Å²) in [4.78, 5) is 25.3. The van der Waals surface area contributed by atoms with E-state index >= 15 is 0 Å². The molecule has 1 aliphatic heterocycles. The minimum absolute atomic E-state index is 0.0762. The molecule has 0 aliphatic carbocycles. The Morgan fingerprint density at radius 1 is 1.20 bits per heavy atom. The molecule has 2 aromatic carbocycles. The highest BCUT2D eigenvalue weighted by Gasteiger charge is 2.36. The quantitative estimate of drug-likeness (QED) is 0.821. The van der Waals surface area contributed by atoms with Gasteiger partial charge in [-0.05, 0) is 36.6 Å². The Morgan fingerprint density at radius 2 is 2.00 bits per heavy atom. The molecule has 6 heteroatoms. The zero-order valence-electron chi connectivity index (χ0n) is 13.7. The van der Waals surface area contributed by atoms with Crippen LogP contribution in [-0.4, -0.2) is 31.2 Å². The molecule has 0 unspecified atom stereocenters. The number of hydrogen-bond donors (Lipinski definition) is 1. The number of carbonyl (C=O) groups excluding carboxylic acids is 2. The van der Waals surface area contributed by atoms with Crippen molar-refractivity contribution in [1.82, 2.24) is 5.32 Å². The van der Waals surface area contributed by atoms with Crippen molar-refractivity contribution in [2.45, 2.75) is 18.9 Å². The first-order valence-electron chi connectivity index (χ1n) is 8.19. The maximum Gasteiger partial charge on any atom is 0.415 e. The van der Waals surface area contributed by atoms with Crippen LogP contribution in [0.5, 0.6) is 0 Å². The van der Waals surface area contributed by atoms with Gasteiger partial charge in [-0.1, -0.05) is 36.4 Å². The zero-order chi connectivity index (χ0) is 17.6. The first-order chi connectivity index (χ1) is 12.1. The molecular weight excluding hydrogens is 323 g/mol. The minimum Gasteiger partial charge on any atom is -0.434 e. The summed E-state index contributed by atoms with van der Waals surface area (Å²) in [6.07, 6.45) is 0.132. The Balaban J connectivity index is 1.47. The van der Waals surface area contributed by atoms with E-state index < -0.39 is 18.0 Å². The lowest BCUT2D eigenvalue weighted by Gasteiger charge is -2.12. The third kappa shape index (κ3) is 4.35. The molecule has 0 aromatic heterocycles. The largest absolute Gasteiger partial charge is 0.434 e. The highest BCUT2D eigenvalue weighted by Crippen LogP contribution is 2.22. The maximum absolute atomic E-state index is 13.3. The normalized spacial score (nSPS) is 16.6. The first-order valence-corrected chi connectivity index (χ1v) is 8.19. The van der Waals surface area contributed by atoms with Gasteiger partial charge in [-0.3, -0.25) is 9.69 Å². The Labute approximate surface area is 145 Å². The Bertz CT molecular complexity index is 751. The van der Waals surface area contributed by atoms with E-state index in [4.69, 9.17) is 4.74 Å². The van der Waals surface area contributed by atoms with Crippen LogP contribution in [0.1, 0.15) is 12.0 Å². The maximum atomic E-state index is 13.3. The van der Waals surface area contributed by atoms with Crippen LogP contribution in [-0.2, 0) is 16.0 Å². The molecule has 2 aromatic rings. The van der Waals surface area contributed by atoms with Crippen molar-refractivity contribution in [3.8, 4) is 0 Å². The van der Waals surface area contributed by atoms with E-state index in [2.05, 4.69) is 5.32 Å². The van der Waals surface area contributed by atoms with Crippen LogP contribution >= 0.6 is 0 Å². The van der Waals surface area contributed by atoms with Gasteiger partial charge in [0, 0.05) is 6.54 Å². The third-order valence-electron chi connectivity index (χ3n) is 4.01. The molecule has 0 bridgehead atoms. The van der Waals surface area contributed by atoms with Crippen molar-refractivity contribution in [2.24, 2.45) is 0 Å². The van der Waals surface area contributed by atoms with E-state index in [0.717, 1.165) is 12.8 Å². The molecule has 2 amide bonds.